The predicted octanol–water partition coefficient (Wildman–Crippen LogP) is 3.41. The number of fused-ring (bicyclic) bond motifs is 1. The van der Waals surface area contributed by atoms with Crippen molar-refractivity contribution in [3.63, 3.8) is 0 Å². The average molecular weight is 461 g/mol. The van der Waals surface area contributed by atoms with Gasteiger partial charge in [0.05, 0.1) is 46.1 Å². The molecule has 168 valence electrons. The molecule has 2 heterocycles. The van der Waals surface area contributed by atoms with E-state index in [4.69, 9.17) is 20.8 Å². The standard InChI is InChI=1S/C21H21ClN4O6/c22-15-3-1-4-16(20(15)24-9-11-31-12-10-24)23-19(27)5-2-8-25-17-7-6-14(26(29)30)13-18(17)32-21(25)28/h1,3-4,6-7,13H,2,5,8-12H2,(H,23,27). The third-order valence-electron chi connectivity index (χ3n) is 5.24. The van der Waals surface area contributed by atoms with Crippen LogP contribution in [0.25, 0.3) is 11.1 Å². The molecule has 0 radical (unpaired) electrons. The second-order valence-corrected chi connectivity index (χ2v) is 7.72. The zero-order valence-electron chi connectivity index (χ0n) is 17.1. The van der Waals surface area contributed by atoms with Crippen molar-refractivity contribution in [1.29, 1.82) is 0 Å². The molecule has 3 aromatic rings. The number of aromatic nitrogens is 1. The number of oxazole rings is 1. The van der Waals surface area contributed by atoms with Gasteiger partial charge in [0.2, 0.25) is 5.91 Å². The molecule has 1 amide bonds. The molecule has 0 bridgehead atoms. The fourth-order valence-electron chi connectivity index (χ4n) is 3.72. The topological polar surface area (TPSA) is 120 Å². The van der Waals surface area contributed by atoms with Crippen LogP contribution in [0.4, 0.5) is 17.1 Å². The number of hydrogen-bond donors (Lipinski definition) is 1. The number of amides is 1. The Morgan fingerprint density at radius 2 is 2.00 bits per heavy atom. The minimum absolute atomic E-state index is 0.141. The van der Waals surface area contributed by atoms with E-state index in [1.165, 1.54) is 22.8 Å². The van der Waals surface area contributed by atoms with Crippen molar-refractivity contribution in [1.82, 2.24) is 4.57 Å². The Bertz CT molecular complexity index is 1210. The van der Waals surface area contributed by atoms with Crippen LogP contribution in [0.1, 0.15) is 12.8 Å². The lowest BCUT2D eigenvalue weighted by molar-refractivity contribution is -0.384. The first-order chi connectivity index (χ1) is 15.4. The highest BCUT2D eigenvalue weighted by Crippen LogP contribution is 2.34. The number of nitro groups is 1. The molecule has 11 heteroatoms. The first kappa shape index (κ1) is 21.8. The second kappa shape index (κ2) is 9.41. The molecular formula is C21H21ClN4O6. The van der Waals surface area contributed by atoms with Crippen LogP contribution in [0.2, 0.25) is 5.02 Å². The van der Waals surface area contributed by atoms with Crippen molar-refractivity contribution >= 4 is 45.7 Å². The molecule has 0 unspecified atom stereocenters. The van der Waals surface area contributed by atoms with Crippen LogP contribution in [0.3, 0.4) is 0 Å². The van der Waals surface area contributed by atoms with E-state index in [0.29, 0.717) is 49.0 Å². The van der Waals surface area contributed by atoms with Crippen LogP contribution >= 0.6 is 11.6 Å². The number of carbonyl (C=O) groups excluding carboxylic acids is 1. The molecule has 0 saturated carbocycles. The number of aryl methyl sites for hydroxylation is 1. The summed E-state index contributed by atoms with van der Waals surface area (Å²) in [4.78, 5) is 37.1. The van der Waals surface area contributed by atoms with Crippen LogP contribution in [0.15, 0.2) is 45.6 Å². The van der Waals surface area contributed by atoms with Crippen LogP contribution in [-0.2, 0) is 16.1 Å². The summed E-state index contributed by atoms with van der Waals surface area (Å²) in [6.45, 7) is 2.79. The summed E-state index contributed by atoms with van der Waals surface area (Å²) in [5, 5.41) is 14.4. The molecule has 0 aliphatic carbocycles. The molecule has 1 N–H and O–H groups in total. The number of non-ortho nitro benzene ring substituents is 1. The average Bonchev–Trinajstić information content (AvgIpc) is 3.09. The minimum atomic E-state index is -0.620. The summed E-state index contributed by atoms with van der Waals surface area (Å²) in [7, 11) is 0. The van der Waals surface area contributed by atoms with Gasteiger partial charge in [-0.1, -0.05) is 17.7 Å². The van der Waals surface area contributed by atoms with Gasteiger partial charge in [-0.2, -0.15) is 0 Å². The second-order valence-electron chi connectivity index (χ2n) is 7.32. The maximum absolute atomic E-state index is 12.6. The molecule has 1 fully saturated rings. The van der Waals surface area contributed by atoms with Gasteiger partial charge in [0, 0.05) is 32.1 Å². The maximum atomic E-state index is 12.6. The predicted molar refractivity (Wildman–Crippen MR) is 119 cm³/mol. The zero-order valence-corrected chi connectivity index (χ0v) is 17.8. The Hall–Kier alpha value is -3.37. The minimum Gasteiger partial charge on any atom is -0.407 e. The summed E-state index contributed by atoms with van der Waals surface area (Å²) in [5.41, 5.74) is 1.83. The molecule has 1 aliphatic heterocycles. The van der Waals surface area contributed by atoms with E-state index in [0.717, 1.165) is 5.69 Å². The van der Waals surface area contributed by atoms with Crippen LogP contribution in [-0.4, -0.2) is 41.7 Å². The van der Waals surface area contributed by atoms with Crippen LogP contribution in [0.5, 0.6) is 0 Å². The Balaban J connectivity index is 1.41. The molecule has 32 heavy (non-hydrogen) atoms. The van der Waals surface area contributed by atoms with Crippen LogP contribution < -0.4 is 16.0 Å². The van der Waals surface area contributed by atoms with Crippen LogP contribution in [0, 0.1) is 10.1 Å². The number of halogens is 1. The van der Waals surface area contributed by atoms with Gasteiger partial charge in [-0.15, -0.1) is 0 Å². The molecule has 1 aromatic heterocycles. The quantitative estimate of drug-likeness (QED) is 0.423. The maximum Gasteiger partial charge on any atom is 0.419 e. The van der Waals surface area contributed by atoms with E-state index >= 15 is 0 Å². The number of benzene rings is 2. The third-order valence-corrected chi connectivity index (χ3v) is 5.54. The van der Waals surface area contributed by atoms with Gasteiger partial charge in [0.15, 0.2) is 5.58 Å². The summed E-state index contributed by atoms with van der Waals surface area (Å²) in [6.07, 6.45) is 0.548. The number of nitro benzene ring substituents is 1. The summed E-state index contributed by atoms with van der Waals surface area (Å²) >= 11 is 6.40. The number of nitrogens with one attached hydrogen (secondary N) is 1. The van der Waals surface area contributed by atoms with Gasteiger partial charge in [-0.3, -0.25) is 19.5 Å². The fraction of sp³-hybridized carbons (Fsp3) is 0.333. The van der Waals surface area contributed by atoms with Gasteiger partial charge in [-0.05, 0) is 24.6 Å². The van der Waals surface area contributed by atoms with Gasteiger partial charge < -0.3 is 19.4 Å². The first-order valence-electron chi connectivity index (χ1n) is 10.1. The Labute approximate surface area is 187 Å². The van der Waals surface area contributed by atoms with E-state index in [9.17, 15) is 19.7 Å². The molecule has 4 rings (SSSR count). The lowest BCUT2D eigenvalue weighted by Gasteiger charge is -2.31. The van der Waals surface area contributed by atoms with Gasteiger partial charge in [0.25, 0.3) is 5.69 Å². The highest BCUT2D eigenvalue weighted by molar-refractivity contribution is 6.34. The summed E-state index contributed by atoms with van der Waals surface area (Å²) in [5.74, 6) is -0.830. The van der Waals surface area contributed by atoms with E-state index in [1.54, 1.807) is 18.2 Å². The van der Waals surface area contributed by atoms with Crippen molar-refractivity contribution in [2.45, 2.75) is 19.4 Å². The van der Waals surface area contributed by atoms with Crippen molar-refractivity contribution in [2.24, 2.45) is 0 Å². The number of anilines is 2. The Morgan fingerprint density at radius 3 is 2.75 bits per heavy atom. The number of carbonyl (C=O) groups is 1. The normalized spacial score (nSPS) is 14.0. The summed E-state index contributed by atoms with van der Waals surface area (Å²) < 4.78 is 11.9. The first-order valence-corrected chi connectivity index (χ1v) is 10.5. The largest absolute Gasteiger partial charge is 0.419 e. The smallest absolute Gasteiger partial charge is 0.407 e. The molecule has 0 atom stereocenters. The molecule has 1 aliphatic rings. The van der Waals surface area contributed by atoms with Crippen molar-refractivity contribution in [3.8, 4) is 0 Å². The molecule has 10 nitrogen and oxygen atoms in total. The third kappa shape index (κ3) is 4.61. The van der Waals surface area contributed by atoms with Crippen molar-refractivity contribution in [2.75, 3.05) is 36.5 Å². The number of rotatable bonds is 7. The number of para-hydroxylation sites is 1. The van der Waals surface area contributed by atoms with E-state index < -0.39 is 10.7 Å². The Kier molecular flexibility index (Phi) is 6.42. The molecular weight excluding hydrogens is 440 g/mol. The number of hydrogen-bond acceptors (Lipinski definition) is 7. The number of nitrogens with zero attached hydrogens (tertiary/aromatic N) is 3. The van der Waals surface area contributed by atoms with Gasteiger partial charge >= 0.3 is 5.76 Å². The van der Waals surface area contributed by atoms with E-state index in [2.05, 4.69) is 10.2 Å². The van der Waals surface area contributed by atoms with Crippen molar-refractivity contribution < 1.29 is 18.9 Å². The molecule has 0 spiro atoms. The zero-order chi connectivity index (χ0) is 22.7. The van der Waals surface area contributed by atoms with E-state index in [1.807, 2.05) is 0 Å². The SMILES string of the molecule is O=C(CCCn1c(=O)oc2cc([N+](=O)[O-])ccc21)Nc1cccc(Cl)c1N1CCOCC1. The van der Waals surface area contributed by atoms with E-state index in [-0.39, 0.29) is 30.1 Å². The molecule has 2 aromatic carbocycles. The lowest BCUT2D eigenvalue weighted by Crippen LogP contribution is -2.37. The van der Waals surface area contributed by atoms with Gasteiger partial charge in [-0.25, -0.2) is 4.79 Å². The monoisotopic (exact) mass is 460 g/mol. The summed E-state index contributed by atoms with van der Waals surface area (Å²) in [6, 6.07) is 9.36. The Morgan fingerprint density at radius 1 is 1.22 bits per heavy atom. The molecule has 1 saturated heterocycles. The number of ether oxygens (including phenoxy) is 1. The highest BCUT2D eigenvalue weighted by Gasteiger charge is 2.19. The van der Waals surface area contributed by atoms with Crippen molar-refractivity contribution in [3.05, 3.63) is 62.1 Å². The lowest BCUT2D eigenvalue weighted by atomic mass is 10.2. The number of morpholine rings is 1. The fourth-order valence-corrected chi connectivity index (χ4v) is 4.01. The highest BCUT2D eigenvalue weighted by atomic mass is 35.5. The van der Waals surface area contributed by atoms with Gasteiger partial charge in [0.1, 0.15) is 0 Å².